The number of nitrogens with zero attached hydrogens (tertiary/aromatic N) is 2. The molecule has 2 heterocycles. The predicted molar refractivity (Wildman–Crippen MR) is 96.1 cm³/mol. The number of carbonyl (C=O) groups excluding carboxylic acids is 1. The fraction of sp³-hybridized carbons (Fsp3) is 0.611. The SMILES string of the molecule is COc1cccc(C(=O)N2CCC(C3CCN(S(C)(=O)=O)CC3)C2)c1. The van der Waals surface area contributed by atoms with Crippen molar-refractivity contribution in [3.63, 3.8) is 0 Å². The van der Waals surface area contributed by atoms with Crippen LogP contribution < -0.4 is 4.74 Å². The van der Waals surface area contributed by atoms with Crippen LogP contribution in [0.2, 0.25) is 0 Å². The fourth-order valence-corrected chi connectivity index (χ4v) is 4.85. The standard InChI is InChI=1S/C18H26N2O4S/c1-24-17-5-3-4-15(12-17)18(21)19-9-6-16(13-19)14-7-10-20(11-8-14)25(2,22)23/h3-5,12,14,16H,6-11,13H2,1-2H3. The molecule has 2 saturated heterocycles. The van der Waals surface area contributed by atoms with Crippen molar-refractivity contribution in [2.45, 2.75) is 19.3 Å². The maximum atomic E-state index is 12.7. The molecule has 3 rings (SSSR count). The van der Waals surface area contributed by atoms with Crippen LogP contribution in [0.4, 0.5) is 0 Å². The van der Waals surface area contributed by atoms with Gasteiger partial charge in [-0.1, -0.05) is 6.07 Å². The zero-order chi connectivity index (χ0) is 18.0. The largest absolute Gasteiger partial charge is 0.497 e. The Balaban J connectivity index is 1.58. The highest BCUT2D eigenvalue weighted by molar-refractivity contribution is 7.88. The number of likely N-dealkylation sites (tertiary alicyclic amines) is 1. The van der Waals surface area contributed by atoms with E-state index >= 15 is 0 Å². The zero-order valence-corrected chi connectivity index (χ0v) is 15.7. The molecule has 0 aliphatic carbocycles. The normalized spacial score (nSPS) is 23.0. The molecule has 0 bridgehead atoms. The van der Waals surface area contributed by atoms with Crippen LogP contribution in [-0.4, -0.2) is 63.1 Å². The monoisotopic (exact) mass is 366 g/mol. The van der Waals surface area contributed by atoms with Crippen molar-refractivity contribution in [2.24, 2.45) is 11.8 Å². The van der Waals surface area contributed by atoms with Gasteiger partial charge in [0.2, 0.25) is 10.0 Å². The lowest BCUT2D eigenvalue weighted by molar-refractivity contribution is 0.0778. The molecule has 7 heteroatoms. The summed E-state index contributed by atoms with van der Waals surface area (Å²) in [5.41, 5.74) is 0.659. The van der Waals surface area contributed by atoms with Crippen LogP contribution in [0.15, 0.2) is 24.3 Å². The predicted octanol–water partition coefficient (Wildman–Crippen LogP) is 1.83. The minimum atomic E-state index is -3.08. The number of rotatable bonds is 4. The lowest BCUT2D eigenvalue weighted by Gasteiger charge is -2.33. The van der Waals surface area contributed by atoms with Gasteiger partial charge >= 0.3 is 0 Å². The average Bonchev–Trinajstić information content (AvgIpc) is 3.10. The molecule has 2 aliphatic heterocycles. The van der Waals surface area contributed by atoms with Gasteiger partial charge in [-0.2, -0.15) is 0 Å². The Kier molecular flexibility index (Phi) is 5.34. The topological polar surface area (TPSA) is 66.9 Å². The van der Waals surface area contributed by atoms with Crippen molar-refractivity contribution < 1.29 is 17.9 Å². The van der Waals surface area contributed by atoms with E-state index in [1.807, 2.05) is 23.1 Å². The van der Waals surface area contributed by atoms with Gasteiger partial charge in [-0.05, 0) is 49.3 Å². The number of hydrogen-bond donors (Lipinski definition) is 0. The van der Waals surface area contributed by atoms with E-state index in [0.29, 0.717) is 36.2 Å². The van der Waals surface area contributed by atoms with Crippen LogP contribution in [0.3, 0.4) is 0 Å². The number of amides is 1. The van der Waals surface area contributed by atoms with Gasteiger partial charge in [0.05, 0.1) is 13.4 Å². The third-order valence-corrected chi connectivity index (χ3v) is 6.77. The van der Waals surface area contributed by atoms with Crippen LogP contribution in [0, 0.1) is 11.8 Å². The van der Waals surface area contributed by atoms with Crippen LogP contribution in [0.1, 0.15) is 29.6 Å². The zero-order valence-electron chi connectivity index (χ0n) is 14.8. The molecule has 1 unspecified atom stereocenters. The fourth-order valence-electron chi connectivity index (χ4n) is 3.97. The van der Waals surface area contributed by atoms with E-state index in [-0.39, 0.29) is 5.91 Å². The molecule has 1 aromatic rings. The molecular formula is C18H26N2O4S. The summed E-state index contributed by atoms with van der Waals surface area (Å²) in [6.45, 7) is 2.74. The first-order valence-electron chi connectivity index (χ1n) is 8.77. The van der Waals surface area contributed by atoms with E-state index in [0.717, 1.165) is 32.4 Å². The lowest BCUT2D eigenvalue weighted by Crippen LogP contribution is -2.40. The van der Waals surface area contributed by atoms with Crippen molar-refractivity contribution >= 4 is 15.9 Å². The molecule has 1 atom stereocenters. The number of benzene rings is 1. The third kappa shape index (κ3) is 4.15. The summed E-state index contributed by atoms with van der Waals surface area (Å²) in [5.74, 6) is 1.71. The highest BCUT2D eigenvalue weighted by Crippen LogP contribution is 2.33. The van der Waals surface area contributed by atoms with E-state index in [1.165, 1.54) is 6.26 Å². The summed E-state index contributed by atoms with van der Waals surface area (Å²) in [4.78, 5) is 14.6. The Morgan fingerprint density at radius 2 is 1.80 bits per heavy atom. The summed E-state index contributed by atoms with van der Waals surface area (Å²) in [7, 11) is -1.49. The lowest BCUT2D eigenvalue weighted by atomic mass is 9.84. The highest BCUT2D eigenvalue weighted by Gasteiger charge is 2.35. The molecule has 0 radical (unpaired) electrons. The summed E-state index contributed by atoms with van der Waals surface area (Å²) in [6.07, 6.45) is 4.05. The number of methoxy groups -OCH3 is 1. The van der Waals surface area contributed by atoms with Crippen LogP contribution in [0.25, 0.3) is 0 Å². The quantitative estimate of drug-likeness (QED) is 0.815. The molecule has 2 aliphatic rings. The van der Waals surface area contributed by atoms with Crippen molar-refractivity contribution in [1.82, 2.24) is 9.21 Å². The van der Waals surface area contributed by atoms with E-state index in [1.54, 1.807) is 17.5 Å². The molecule has 2 fully saturated rings. The number of sulfonamides is 1. The first kappa shape index (κ1) is 18.2. The molecule has 6 nitrogen and oxygen atoms in total. The Morgan fingerprint density at radius 3 is 2.44 bits per heavy atom. The van der Waals surface area contributed by atoms with Gasteiger partial charge in [0.1, 0.15) is 5.75 Å². The van der Waals surface area contributed by atoms with E-state index in [9.17, 15) is 13.2 Å². The minimum Gasteiger partial charge on any atom is -0.497 e. The first-order chi connectivity index (χ1) is 11.9. The van der Waals surface area contributed by atoms with Gasteiger partial charge < -0.3 is 9.64 Å². The Hall–Kier alpha value is -1.60. The number of hydrogen-bond acceptors (Lipinski definition) is 4. The Labute approximate surface area is 149 Å². The van der Waals surface area contributed by atoms with Crippen molar-refractivity contribution in [1.29, 1.82) is 0 Å². The molecule has 0 spiro atoms. The van der Waals surface area contributed by atoms with Gasteiger partial charge in [0, 0.05) is 31.7 Å². The molecule has 0 N–H and O–H groups in total. The summed E-state index contributed by atoms with van der Waals surface area (Å²) in [5, 5.41) is 0. The maximum absolute atomic E-state index is 12.7. The van der Waals surface area contributed by atoms with Crippen LogP contribution >= 0.6 is 0 Å². The second kappa shape index (κ2) is 7.33. The molecule has 25 heavy (non-hydrogen) atoms. The number of ether oxygens (including phenoxy) is 1. The Bertz CT molecular complexity index is 726. The third-order valence-electron chi connectivity index (χ3n) is 5.46. The van der Waals surface area contributed by atoms with E-state index in [2.05, 4.69) is 0 Å². The van der Waals surface area contributed by atoms with E-state index in [4.69, 9.17) is 4.74 Å². The van der Waals surface area contributed by atoms with Crippen molar-refractivity contribution in [3.8, 4) is 5.75 Å². The Morgan fingerprint density at radius 1 is 1.12 bits per heavy atom. The first-order valence-corrected chi connectivity index (χ1v) is 10.6. The van der Waals surface area contributed by atoms with Crippen molar-refractivity contribution in [3.05, 3.63) is 29.8 Å². The highest BCUT2D eigenvalue weighted by atomic mass is 32.2. The van der Waals surface area contributed by atoms with Crippen molar-refractivity contribution in [2.75, 3.05) is 39.5 Å². The second-order valence-corrected chi connectivity index (χ2v) is 9.01. The second-order valence-electron chi connectivity index (χ2n) is 7.03. The van der Waals surface area contributed by atoms with Gasteiger partial charge in [0.15, 0.2) is 0 Å². The van der Waals surface area contributed by atoms with Gasteiger partial charge in [0.25, 0.3) is 5.91 Å². The van der Waals surface area contributed by atoms with Gasteiger partial charge in [-0.3, -0.25) is 4.79 Å². The molecule has 0 saturated carbocycles. The molecule has 138 valence electrons. The number of carbonyl (C=O) groups is 1. The number of piperidine rings is 1. The molecular weight excluding hydrogens is 340 g/mol. The summed E-state index contributed by atoms with van der Waals surface area (Å²) in [6, 6.07) is 7.27. The van der Waals surface area contributed by atoms with Gasteiger partial charge in [-0.15, -0.1) is 0 Å². The maximum Gasteiger partial charge on any atom is 0.253 e. The summed E-state index contributed by atoms with van der Waals surface area (Å²) < 4.78 is 30.0. The molecule has 1 aromatic carbocycles. The summed E-state index contributed by atoms with van der Waals surface area (Å²) >= 11 is 0. The van der Waals surface area contributed by atoms with Crippen LogP contribution in [-0.2, 0) is 10.0 Å². The molecule has 0 aromatic heterocycles. The van der Waals surface area contributed by atoms with Crippen LogP contribution in [0.5, 0.6) is 5.75 Å². The minimum absolute atomic E-state index is 0.0509. The van der Waals surface area contributed by atoms with E-state index < -0.39 is 10.0 Å². The average molecular weight is 366 g/mol. The van der Waals surface area contributed by atoms with Gasteiger partial charge in [-0.25, -0.2) is 12.7 Å². The molecule has 1 amide bonds. The smallest absolute Gasteiger partial charge is 0.253 e.